The van der Waals surface area contributed by atoms with Gasteiger partial charge in [-0.15, -0.1) is 0 Å². The number of piperidine rings is 1. The zero-order valence-corrected chi connectivity index (χ0v) is 14.6. The van der Waals surface area contributed by atoms with Gasteiger partial charge in [-0.2, -0.15) is 5.10 Å². The Hall–Kier alpha value is -2.18. The van der Waals surface area contributed by atoms with Crippen molar-refractivity contribution in [2.45, 2.75) is 39.0 Å². The van der Waals surface area contributed by atoms with Crippen molar-refractivity contribution in [1.29, 1.82) is 0 Å². The van der Waals surface area contributed by atoms with Crippen LogP contribution in [0.4, 0.5) is 0 Å². The van der Waals surface area contributed by atoms with Crippen molar-refractivity contribution in [3.63, 3.8) is 0 Å². The molecule has 3 aromatic rings. The molecule has 1 saturated heterocycles. The number of nitrogens with one attached hydrogen (secondary N) is 1. The zero-order valence-electron chi connectivity index (χ0n) is 14.6. The minimum atomic E-state index is -0.489. The molecule has 1 aromatic carbocycles. The molecule has 6 heteroatoms. The summed E-state index contributed by atoms with van der Waals surface area (Å²) in [5.41, 5.74) is 2.37. The number of imidazole rings is 1. The molecule has 25 heavy (non-hydrogen) atoms. The maximum atomic E-state index is 10.5. The molecule has 6 nitrogen and oxygen atoms in total. The highest BCUT2D eigenvalue weighted by Gasteiger charge is 2.28. The van der Waals surface area contributed by atoms with Crippen molar-refractivity contribution in [2.24, 2.45) is 5.92 Å². The van der Waals surface area contributed by atoms with Crippen LogP contribution in [0.2, 0.25) is 0 Å². The molecule has 2 aromatic heterocycles. The average molecular weight is 339 g/mol. The van der Waals surface area contributed by atoms with Gasteiger partial charge >= 0.3 is 0 Å². The van der Waals surface area contributed by atoms with Crippen molar-refractivity contribution >= 4 is 10.9 Å². The SMILES string of the molecule is CCn1nc(CN2CCC(C(O)c3ncc[nH]3)CC2)c2ccccc21. The molecule has 132 valence electrons. The molecule has 0 bridgehead atoms. The van der Waals surface area contributed by atoms with Crippen LogP contribution in [0, 0.1) is 5.92 Å². The minimum Gasteiger partial charge on any atom is -0.385 e. The van der Waals surface area contributed by atoms with Gasteiger partial charge in [0.25, 0.3) is 0 Å². The van der Waals surface area contributed by atoms with Gasteiger partial charge in [0.2, 0.25) is 0 Å². The minimum absolute atomic E-state index is 0.271. The highest BCUT2D eigenvalue weighted by atomic mass is 16.3. The largest absolute Gasteiger partial charge is 0.385 e. The number of aliphatic hydroxyl groups excluding tert-OH is 1. The van der Waals surface area contributed by atoms with Gasteiger partial charge < -0.3 is 10.1 Å². The maximum Gasteiger partial charge on any atom is 0.135 e. The number of hydrogen-bond donors (Lipinski definition) is 2. The summed E-state index contributed by atoms with van der Waals surface area (Å²) in [4.78, 5) is 9.66. The van der Waals surface area contributed by atoms with E-state index in [9.17, 15) is 5.11 Å². The van der Waals surface area contributed by atoms with Crippen molar-refractivity contribution in [2.75, 3.05) is 13.1 Å². The number of aromatic amines is 1. The topological polar surface area (TPSA) is 70.0 Å². The van der Waals surface area contributed by atoms with E-state index in [4.69, 9.17) is 5.10 Å². The highest BCUT2D eigenvalue weighted by molar-refractivity contribution is 5.81. The van der Waals surface area contributed by atoms with E-state index in [1.807, 2.05) is 0 Å². The predicted octanol–water partition coefficient (Wildman–Crippen LogP) is 2.72. The first kappa shape index (κ1) is 16.3. The van der Waals surface area contributed by atoms with E-state index in [0.717, 1.165) is 44.7 Å². The quantitative estimate of drug-likeness (QED) is 0.750. The first-order valence-corrected chi connectivity index (χ1v) is 9.10. The molecule has 1 fully saturated rings. The number of aromatic nitrogens is 4. The highest BCUT2D eigenvalue weighted by Crippen LogP contribution is 2.30. The lowest BCUT2D eigenvalue weighted by atomic mass is 9.90. The number of fused-ring (bicyclic) bond motifs is 1. The maximum absolute atomic E-state index is 10.5. The number of hydrogen-bond acceptors (Lipinski definition) is 4. The second-order valence-corrected chi connectivity index (χ2v) is 6.81. The Balaban J connectivity index is 1.42. The number of para-hydroxylation sites is 1. The third-order valence-electron chi connectivity index (χ3n) is 5.29. The van der Waals surface area contributed by atoms with E-state index in [0.29, 0.717) is 5.82 Å². The molecule has 0 saturated carbocycles. The molecule has 4 rings (SSSR count). The van der Waals surface area contributed by atoms with Crippen molar-refractivity contribution in [3.8, 4) is 0 Å². The molecule has 0 radical (unpaired) electrons. The summed E-state index contributed by atoms with van der Waals surface area (Å²) >= 11 is 0. The van der Waals surface area contributed by atoms with Crippen molar-refractivity contribution in [3.05, 3.63) is 48.2 Å². The molecule has 1 aliphatic heterocycles. The fourth-order valence-corrected chi connectivity index (χ4v) is 3.86. The van der Waals surface area contributed by atoms with Crippen molar-refractivity contribution in [1.82, 2.24) is 24.6 Å². The standard InChI is InChI=1S/C19H25N5O/c1-2-24-17-6-4-3-5-15(17)16(22-24)13-23-11-7-14(8-12-23)18(25)19-20-9-10-21-19/h3-6,9-10,14,18,25H,2,7-8,11-13H2,1H3,(H,20,21). The summed E-state index contributed by atoms with van der Waals surface area (Å²) in [5, 5.41) is 16.5. The lowest BCUT2D eigenvalue weighted by molar-refractivity contribution is 0.0512. The van der Waals surface area contributed by atoms with E-state index < -0.39 is 6.10 Å². The molecule has 0 spiro atoms. The first-order chi connectivity index (χ1) is 12.3. The first-order valence-electron chi connectivity index (χ1n) is 9.10. The molecule has 1 unspecified atom stereocenters. The number of nitrogens with zero attached hydrogens (tertiary/aromatic N) is 4. The number of benzene rings is 1. The number of rotatable bonds is 5. The monoisotopic (exact) mass is 339 g/mol. The van der Waals surface area contributed by atoms with Gasteiger partial charge in [-0.25, -0.2) is 4.98 Å². The number of H-pyrrole nitrogens is 1. The van der Waals surface area contributed by atoms with Crippen LogP contribution in [0.15, 0.2) is 36.7 Å². The van der Waals surface area contributed by atoms with E-state index in [2.05, 4.69) is 50.7 Å². The lowest BCUT2D eigenvalue weighted by Crippen LogP contribution is -2.35. The van der Waals surface area contributed by atoms with Gasteiger partial charge in [-0.1, -0.05) is 18.2 Å². The second-order valence-electron chi connectivity index (χ2n) is 6.81. The fourth-order valence-electron chi connectivity index (χ4n) is 3.86. The Kier molecular flexibility index (Phi) is 4.55. The van der Waals surface area contributed by atoms with Gasteiger partial charge in [-0.3, -0.25) is 9.58 Å². The van der Waals surface area contributed by atoms with Gasteiger partial charge in [0.1, 0.15) is 11.9 Å². The Bertz CT molecular complexity index is 818. The Morgan fingerprint density at radius 2 is 2.08 bits per heavy atom. The summed E-state index contributed by atoms with van der Waals surface area (Å²) in [6, 6.07) is 8.46. The van der Waals surface area contributed by atoms with Crippen LogP contribution in [0.25, 0.3) is 10.9 Å². The Morgan fingerprint density at radius 1 is 1.28 bits per heavy atom. The van der Waals surface area contributed by atoms with Crippen LogP contribution < -0.4 is 0 Å². The number of aryl methyl sites for hydroxylation is 1. The van der Waals surface area contributed by atoms with Crippen LogP contribution in [-0.2, 0) is 13.1 Å². The van der Waals surface area contributed by atoms with Gasteiger partial charge in [0.15, 0.2) is 0 Å². The molecular weight excluding hydrogens is 314 g/mol. The molecule has 0 aliphatic carbocycles. The molecule has 3 heterocycles. The third-order valence-corrected chi connectivity index (χ3v) is 5.29. The third kappa shape index (κ3) is 3.19. The van der Waals surface area contributed by atoms with E-state index in [-0.39, 0.29) is 5.92 Å². The van der Waals surface area contributed by atoms with Crippen LogP contribution >= 0.6 is 0 Å². The smallest absolute Gasteiger partial charge is 0.135 e. The van der Waals surface area contributed by atoms with Crippen LogP contribution in [-0.4, -0.2) is 42.8 Å². The Labute approximate surface area is 147 Å². The average Bonchev–Trinajstić information content (AvgIpc) is 3.30. The molecule has 0 amide bonds. The van der Waals surface area contributed by atoms with Gasteiger partial charge in [0.05, 0.1) is 11.2 Å². The molecule has 1 atom stereocenters. The van der Waals surface area contributed by atoms with E-state index >= 15 is 0 Å². The van der Waals surface area contributed by atoms with Gasteiger partial charge in [0, 0.05) is 30.9 Å². The normalized spacial score (nSPS) is 18.0. The summed E-state index contributed by atoms with van der Waals surface area (Å²) in [6.07, 6.45) is 4.94. The van der Waals surface area contributed by atoms with Gasteiger partial charge in [-0.05, 0) is 44.8 Å². The summed E-state index contributed by atoms with van der Waals surface area (Å²) in [5.74, 6) is 0.957. The fraction of sp³-hybridized carbons (Fsp3) is 0.474. The molecular formula is C19H25N5O. The Morgan fingerprint density at radius 3 is 2.80 bits per heavy atom. The zero-order chi connectivity index (χ0) is 17.2. The van der Waals surface area contributed by atoms with Crippen LogP contribution in [0.1, 0.15) is 37.4 Å². The summed E-state index contributed by atoms with van der Waals surface area (Å²) in [7, 11) is 0. The second kappa shape index (κ2) is 6.98. The molecule has 2 N–H and O–H groups in total. The predicted molar refractivity (Wildman–Crippen MR) is 97.0 cm³/mol. The van der Waals surface area contributed by atoms with E-state index in [1.165, 1.54) is 10.9 Å². The van der Waals surface area contributed by atoms with Crippen LogP contribution in [0.5, 0.6) is 0 Å². The summed E-state index contributed by atoms with van der Waals surface area (Å²) < 4.78 is 2.08. The van der Waals surface area contributed by atoms with Crippen molar-refractivity contribution < 1.29 is 5.11 Å². The van der Waals surface area contributed by atoms with Crippen LogP contribution in [0.3, 0.4) is 0 Å². The summed E-state index contributed by atoms with van der Waals surface area (Å²) in [6.45, 7) is 5.85. The molecule has 1 aliphatic rings. The van der Waals surface area contributed by atoms with E-state index in [1.54, 1.807) is 12.4 Å². The number of likely N-dealkylation sites (tertiary alicyclic amines) is 1. The number of aliphatic hydroxyl groups is 1. The lowest BCUT2D eigenvalue weighted by Gasteiger charge is -2.33.